The van der Waals surface area contributed by atoms with E-state index in [1.807, 2.05) is 0 Å². The van der Waals surface area contributed by atoms with E-state index >= 15 is 0 Å². The number of hydrogen-bond acceptors (Lipinski definition) is 4. The first-order chi connectivity index (χ1) is 10.1. The Morgan fingerprint density at radius 2 is 2.00 bits per heavy atom. The highest BCUT2D eigenvalue weighted by Crippen LogP contribution is 2.26. The molecule has 2 rings (SSSR count). The number of hydrogen-bond donors (Lipinski definition) is 1. The Balaban J connectivity index is 2.28. The Hall–Kier alpha value is -2.10. The van der Waals surface area contributed by atoms with Crippen molar-refractivity contribution in [2.75, 3.05) is 6.54 Å². The zero-order valence-corrected chi connectivity index (χ0v) is 12.6. The van der Waals surface area contributed by atoms with E-state index in [1.165, 1.54) is 12.8 Å². The van der Waals surface area contributed by atoms with Gasteiger partial charge in [0.25, 0.3) is 0 Å². The van der Waals surface area contributed by atoms with Crippen molar-refractivity contribution >= 4 is 16.7 Å². The predicted molar refractivity (Wildman–Crippen MR) is 85.4 cm³/mol. The summed E-state index contributed by atoms with van der Waals surface area (Å²) >= 11 is 0. The second kappa shape index (κ2) is 7.07. The molecule has 112 valence electrons. The molecule has 0 bridgehead atoms. The van der Waals surface area contributed by atoms with Gasteiger partial charge in [-0.3, -0.25) is 4.99 Å². The van der Waals surface area contributed by atoms with E-state index in [4.69, 9.17) is 4.42 Å². The summed E-state index contributed by atoms with van der Waals surface area (Å²) in [4.78, 5) is 16.4. The van der Waals surface area contributed by atoms with Gasteiger partial charge >= 0.3 is 5.63 Å². The molecule has 1 N–H and O–H groups in total. The molecule has 2 aromatic rings. The van der Waals surface area contributed by atoms with E-state index in [-0.39, 0.29) is 11.3 Å². The number of fused-ring (bicyclic) bond motifs is 1. The summed E-state index contributed by atoms with van der Waals surface area (Å²) in [6, 6.07) is 6.95. The number of aliphatic imine (C=N–C) groups is 1. The third-order valence-corrected chi connectivity index (χ3v) is 3.51. The Morgan fingerprint density at radius 1 is 1.24 bits per heavy atom. The summed E-state index contributed by atoms with van der Waals surface area (Å²) in [6.07, 6.45) is 4.49. The monoisotopic (exact) mass is 287 g/mol. The molecule has 0 aliphatic heterocycles. The summed E-state index contributed by atoms with van der Waals surface area (Å²) < 4.78 is 5.24. The summed E-state index contributed by atoms with van der Waals surface area (Å²) in [7, 11) is 0. The maximum absolute atomic E-state index is 12.0. The molecule has 0 fully saturated rings. The first-order valence-corrected chi connectivity index (χ1v) is 7.41. The largest absolute Gasteiger partial charge is 0.506 e. The van der Waals surface area contributed by atoms with E-state index in [0.717, 1.165) is 12.8 Å². The molecule has 0 unspecified atom stereocenters. The molecule has 0 aliphatic carbocycles. The van der Waals surface area contributed by atoms with Crippen LogP contribution in [0.15, 0.2) is 38.5 Å². The van der Waals surface area contributed by atoms with Gasteiger partial charge in [-0.05, 0) is 25.5 Å². The fourth-order valence-corrected chi connectivity index (χ4v) is 2.32. The van der Waals surface area contributed by atoms with Gasteiger partial charge in [-0.15, -0.1) is 0 Å². The van der Waals surface area contributed by atoms with Crippen LogP contribution in [0.2, 0.25) is 0 Å². The standard InChI is InChI=1S/C17H21NO3/c1-3-4-5-8-11-18-12(2)15-16(19)13-9-6-7-10-14(13)21-17(15)20/h6-7,9-10,19H,3-5,8,11H2,1-2H3. The van der Waals surface area contributed by atoms with Crippen LogP contribution in [0.4, 0.5) is 0 Å². The first-order valence-electron chi connectivity index (χ1n) is 7.41. The fraction of sp³-hybridized carbons (Fsp3) is 0.412. The summed E-state index contributed by atoms with van der Waals surface area (Å²) in [5, 5.41) is 10.8. The van der Waals surface area contributed by atoms with Gasteiger partial charge < -0.3 is 9.52 Å². The van der Waals surface area contributed by atoms with Gasteiger partial charge in [0.15, 0.2) is 0 Å². The molecule has 21 heavy (non-hydrogen) atoms. The van der Waals surface area contributed by atoms with Crippen molar-refractivity contribution in [3.05, 3.63) is 40.2 Å². The van der Waals surface area contributed by atoms with E-state index in [1.54, 1.807) is 31.2 Å². The maximum atomic E-state index is 12.0. The SMILES string of the molecule is CCCCCCN=C(C)c1c(O)c2ccccc2oc1=O. The second-order valence-electron chi connectivity index (χ2n) is 5.14. The van der Waals surface area contributed by atoms with Crippen molar-refractivity contribution in [1.29, 1.82) is 0 Å². The molecule has 4 nitrogen and oxygen atoms in total. The van der Waals surface area contributed by atoms with Crippen LogP contribution >= 0.6 is 0 Å². The van der Waals surface area contributed by atoms with Gasteiger partial charge in [0.1, 0.15) is 16.9 Å². The van der Waals surface area contributed by atoms with Crippen LogP contribution in [0.25, 0.3) is 11.0 Å². The van der Waals surface area contributed by atoms with Gasteiger partial charge in [-0.1, -0.05) is 38.3 Å². The van der Waals surface area contributed by atoms with E-state index in [9.17, 15) is 9.90 Å². The van der Waals surface area contributed by atoms with Gasteiger partial charge in [0, 0.05) is 6.54 Å². The number of unbranched alkanes of at least 4 members (excludes halogenated alkanes) is 3. The molecule has 0 aliphatic rings. The van der Waals surface area contributed by atoms with Crippen molar-refractivity contribution in [3.63, 3.8) is 0 Å². The number of benzene rings is 1. The molecule has 0 spiro atoms. The molecule has 1 aromatic carbocycles. The highest BCUT2D eigenvalue weighted by Gasteiger charge is 2.15. The number of aromatic hydroxyl groups is 1. The molecule has 0 radical (unpaired) electrons. The fourth-order valence-electron chi connectivity index (χ4n) is 2.32. The topological polar surface area (TPSA) is 62.8 Å². The molecule has 0 atom stereocenters. The Kier molecular flexibility index (Phi) is 5.14. The minimum absolute atomic E-state index is 0.0448. The van der Waals surface area contributed by atoms with Crippen LogP contribution in [-0.2, 0) is 0 Å². The van der Waals surface area contributed by atoms with Crippen LogP contribution < -0.4 is 5.63 Å². The highest BCUT2D eigenvalue weighted by molar-refractivity contribution is 6.04. The Morgan fingerprint density at radius 3 is 2.76 bits per heavy atom. The smallest absolute Gasteiger partial charge is 0.349 e. The molecule has 0 saturated carbocycles. The quantitative estimate of drug-likeness (QED) is 0.498. The van der Waals surface area contributed by atoms with E-state index in [2.05, 4.69) is 11.9 Å². The zero-order chi connectivity index (χ0) is 15.2. The van der Waals surface area contributed by atoms with Crippen molar-refractivity contribution in [2.24, 2.45) is 4.99 Å². The lowest BCUT2D eigenvalue weighted by molar-refractivity contribution is 0.466. The number of para-hydroxylation sites is 1. The molecular formula is C17H21NO3. The lowest BCUT2D eigenvalue weighted by Gasteiger charge is -2.06. The van der Waals surface area contributed by atoms with E-state index in [0.29, 0.717) is 23.2 Å². The van der Waals surface area contributed by atoms with Crippen molar-refractivity contribution < 1.29 is 9.52 Å². The number of rotatable bonds is 6. The van der Waals surface area contributed by atoms with Crippen molar-refractivity contribution in [3.8, 4) is 5.75 Å². The minimum Gasteiger partial charge on any atom is -0.506 e. The van der Waals surface area contributed by atoms with Gasteiger partial charge in [0.05, 0.1) is 11.1 Å². The van der Waals surface area contributed by atoms with Crippen LogP contribution in [0.3, 0.4) is 0 Å². The minimum atomic E-state index is -0.541. The predicted octanol–water partition coefficient (Wildman–Crippen LogP) is 3.89. The third-order valence-electron chi connectivity index (χ3n) is 3.51. The Labute approximate surface area is 124 Å². The molecule has 1 aromatic heterocycles. The molecule has 0 amide bonds. The van der Waals surface area contributed by atoms with Crippen LogP contribution in [-0.4, -0.2) is 17.4 Å². The summed E-state index contributed by atoms with van der Waals surface area (Å²) in [6.45, 7) is 4.56. The van der Waals surface area contributed by atoms with E-state index < -0.39 is 5.63 Å². The summed E-state index contributed by atoms with van der Waals surface area (Å²) in [5.41, 5.74) is 0.549. The number of nitrogens with zero attached hydrogens (tertiary/aromatic N) is 1. The molecule has 4 heteroatoms. The lowest BCUT2D eigenvalue weighted by atomic mass is 10.1. The van der Waals surface area contributed by atoms with Crippen LogP contribution in [0.1, 0.15) is 45.1 Å². The van der Waals surface area contributed by atoms with Gasteiger partial charge in [0.2, 0.25) is 0 Å². The molecule has 0 saturated heterocycles. The summed E-state index contributed by atoms with van der Waals surface area (Å²) in [5.74, 6) is -0.0448. The second-order valence-corrected chi connectivity index (χ2v) is 5.14. The van der Waals surface area contributed by atoms with Gasteiger partial charge in [-0.2, -0.15) is 0 Å². The highest BCUT2D eigenvalue weighted by atomic mass is 16.4. The average molecular weight is 287 g/mol. The third kappa shape index (κ3) is 3.51. The molecule has 1 heterocycles. The Bertz CT molecular complexity index is 701. The van der Waals surface area contributed by atoms with Crippen LogP contribution in [0.5, 0.6) is 5.75 Å². The first kappa shape index (κ1) is 15.3. The van der Waals surface area contributed by atoms with Crippen molar-refractivity contribution in [2.45, 2.75) is 39.5 Å². The lowest BCUT2D eigenvalue weighted by Crippen LogP contribution is -2.13. The van der Waals surface area contributed by atoms with Gasteiger partial charge in [-0.25, -0.2) is 4.79 Å². The molecular weight excluding hydrogens is 266 g/mol. The van der Waals surface area contributed by atoms with Crippen LogP contribution in [0, 0.1) is 0 Å². The average Bonchev–Trinajstić information content (AvgIpc) is 2.47. The van der Waals surface area contributed by atoms with Crippen molar-refractivity contribution in [1.82, 2.24) is 0 Å². The zero-order valence-electron chi connectivity index (χ0n) is 12.6. The maximum Gasteiger partial charge on any atom is 0.349 e. The normalized spacial score (nSPS) is 12.0.